The Balaban J connectivity index is 1.71. The van der Waals surface area contributed by atoms with E-state index in [4.69, 9.17) is 5.14 Å². The zero-order valence-electron chi connectivity index (χ0n) is 13.1. The summed E-state index contributed by atoms with van der Waals surface area (Å²) in [6.07, 6.45) is 3.41. The molecule has 0 spiro atoms. The third-order valence-electron chi connectivity index (χ3n) is 4.66. The van der Waals surface area contributed by atoms with Crippen molar-refractivity contribution in [1.82, 2.24) is 9.97 Å². The van der Waals surface area contributed by atoms with E-state index >= 15 is 0 Å². The number of nitrogens with zero attached hydrogens (tertiary/aromatic N) is 2. The van der Waals surface area contributed by atoms with Crippen molar-refractivity contribution >= 4 is 16.0 Å². The zero-order chi connectivity index (χ0) is 16.7. The lowest BCUT2D eigenvalue weighted by Gasteiger charge is -2.04. The Kier molecular flexibility index (Phi) is 3.85. The van der Waals surface area contributed by atoms with E-state index in [9.17, 15) is 8.42 Å². The Hall–Kier alpha value is -1.99. The van der Waals surface area contributed by atoms with Crippen molar-refractivity contribution in [2.24, 2.45) is 16.5 Å². The van der Waals surface area contributed by atoms with Crippen LogP contribution in [-0.2, 0) is 10.0 Å². The highest BCUT2D eigenvalue weighted by Crippen LogP contribution is 2.64. The smallest absolute Gasteiger partial charge is 0.238 e. The van der Waals surface area contributed by atoms with Crippen molar-refractivity contribution in [3.63, 3.8) is 0 Å². The molecule has 1 fully saturated rings. The molecule has 3 N–H and O–H groups in total. The molecule has 1 aliphatic rings. The molecule has 7 heteroatoms. The Labute approximate surface area is 136 Å². The van der Waals surface area contributed by atoms with Crippen LogP contribution in [0, 0.1) is 11.3 Å². The molecule has 0 amide bonds. The highest BCUT2D eigenvalue weighted by molar-refractivity contribution is 7.89. The van der Waals surface area contributed by atoms with Crippen LogP contribution in [0.15, 0.2) is 47.6 Å². The molecule has 0 radical (unpaired) electrons. The predicted octanol–water partition coefficient (Wildman–Crippen LogP) is 1.98. The molecule has 2 atom stereocenters. The maximum Gasteiger partial charge on any atom is 0.238 e. The molecule has 0 aliphatic heterocycles. The van der Waals surface area contributed by atoms with Crippen molar-refractivity contribution in [2.75, 3.05) is 11.9 Å². The first-order valence-electron chi connectivity index (χ1n) is 7.44. The number of nitrogens with two attached hydrogens (primary N) is 1. The summed E-state index contributed by atoms with van der Waals surface area (Å²) in [5.74, 6) is 1.43. The minimum absolute atomic E-state index is 0.144. The second-order valence-corrected chi connectivity index (χ2v) is 8.03. The van der Waals surface area contributed by atoms with Crippen LogP contribution in [0.5, 0.6) is 0 Å². The van der Waals surface area contributed by atoms with E-state index in [2.05, 4.69) is 29.1 Å². The van der Waals surface area contributed by atoms with Crippen LogP contribution in [0.1, 0.15) is 25.3 Å². The summed E-state index contributed by atoms with van der Waals surface area (Å²) in [5.41, 5.74) is 1.27. The monoisotopic (exact) mass is 332 g/mol. The molecular formula is C16H20N4O2S. The molecule has 3 rings (SSSR count). The third kappa shape index (κ3) is 3.20. The van der Waals surface area contributed by atoms with Crippen molar-refractivity contribution in [3.8, 4) is 0 Å². The van der Waals surface area contributed by atoms with Crippen molar-refractivity contribution in [3.05, 3.63) is 48.3 Å². The summed E-state index contributed by atoms with van der Waals surface area (Å²) < 4.78 is 22.7. The number of benzene rings is 1. The number of aromatic nitrogens is 2. The number of anilines is 1. The van der Waals surface area contributed by atoms with Gasteiger partial charge in [-0.25, -0.2) is 23.5 Å². The highest BCUT2D eigenvalue weighted by atomic mass is 32.2. The van der Waals surface area contributed by atoms with Gasteiger partial charge in [0.25, 0.3) is 0 Å². The number of sulfonamides is 1. The first kappa shape index (κ1) is 15.9. The van der Waals surface area contributed by atoms with Crippen LogP contribution in [0.3, 0.4) is 0 Å². The van der Waals surface area contributed by atoms with Gasteiger partial charge in [-0.3, -0.25) is 0 Å². The molecule has 1 heterocycles. The number of hydrogen-bond acceptors (Lipinski definition) is 5. The fraction of sp³-hybridized carbons (Fsp3) is 0.375. The molecule has 0 saturated heterocycles. The van der Waals surface area contributed by atoms with E-state index in [0.717, 1.165) is 12.1 Å². The standard InChI is InChI=1S/C16H20N4O2S/c1-16(2)13(10-20-15-18-8-3-9-19-15)14(16)11-4-6-12(7-5-11)23(17,21)22/h3-9,13-14H,10H2,1-2H3,(H2,17,21,22)(H,18,19,20). The lowest BCUT2D eigenvalue weighted by molar-refractivity contribution is 0.564. The molecule has 1 aromatic heterocycles. The lowest BCUT2D eigenvalue weighted by Crippen LogP contribution is -2.12. The number of hydrogen-bond donors (Lipinski definition) is 2. The van der Waals surface area contributed by atoms with E-state index in [-0.39, 0.29) is 10.3 Å². The van der Waals surface area contributed by atoms with Gasteiger partial charge in [-0.15, -0.1) is 0 Å². The molecule has 1 aromatic carbocycles. The number of primary sulfonamides is 1. The topological polar surface area (TPSA) is 98.0 Å². The van der Waals surface area contributed by atoms with Gasteiger partial charge in [0.05, 0.1) is 4.90 Å². The van der Waals surface area contributed by atoms with Gasteiger partial charge >= 0.3 is 0 Å². The fourth-order valence-corrected chi connectivity index (χ4v) is 3.76. The van der Waals surface area contributed by atoms with Gasteiger partial charge in [-0.1, -0.05) is 26.0 Å². The molecule has 1 saturated carbocycles. The normalized spacial score (nSPS) is 22.6. The molecule has 23 heavy (non-hydrogen) atoms. The molecule has 2 unspecified atom stereocenters. The van der Waals surface area contributed by atoms with Gasteiger partial charge in [0, 0.05) is 18.9 Å². The second kappa shape index (κ2) is 5.58. The summed E-state index contributed by atoms with van der Waals surface area (Å²) in [6.45, 7) is 5.20. The average molecular weight is 332 g/mol. The van der Waals surface area contributed by atoms with E-state index in [1.165, 1.54) is 0 Å². The van der Waals surface area contributed by atoms with Gasteiger partial charge in [0.1, 0.15) is 0 Å². The number of nitrogens with one attached hydrogen (secondary N) is 1. The van der Waals surface area contributed by atoms with Crippen molar-refractivity contribution in [2.45, 2.75) is 24.7 Å². The molecule has 6 nitrogen and oxygen atoms in total. The summed E-state index contributed by atoms with van der Waals surface area (Å²) in [7, 11) is -3.64. The van der Waals surface area contributed by atoms with Crippen molar-refractivity contribution in [1.29, 1.82) is 0 Å². The molecule has 2 aromatic rings. The van der Waals surface area contributed by atoms with E-state index < -0.39 is 10.0 Å². The van der Waals surface area contributed by atoms with E-state index in [0.29, 0.717) is 17.8 Å². The Morgan fingerprint density at radius 3 is 2.35 bits per heavy atom. The lowest BCUT2D eigenvalue weighted by atomic mass is 10.0. The Morgan fingerprint density at radius 2 is 1.78 bits per heavy atom. The first-order valence-corrected chi connectivity index (χ1v) is 8.98. The quantitative estimate of drug-likeness (QED) is 0.872. The minimum Gasteiger partial charge on any atom is -0.354 e. The van der Waals surface area contributed by atoms with Crippen LogP contribution in [-0.4, -0.2) is 24.9 Å². The predicted molar refractivity (Wildman–Crippen MR) is 88.3 cm³/mol. The second-order valence-electron chi connectivity index (χ2n) is 6.47. The summed E-state index contributed by atoms with van der Waals surface area (Å²) >= 11 is 0. The first-order chi connectivity index (χ1) is 10.8. The van der Waals surface area contributed by atoms with Crippen LogP contribution < -0.4 is 10.5 Å². The third-order valence-corrected chi connectivity index (χ3v) is 5.59. The molecule has 1 aliphatic carbocycles. The van der Waals surface area contributed by atoms with Gasteiger partial charge in [0.2, 0.25) is 16.0 Å². The maximum absolute atomic E-state index is 11.3. The fourth-order valence-electron chi connectivity index (χ4n) is 3.24. The summed E-state index contributed by atoms with van der Waals surface area (Å²) in [5, 5.41) is 8.40. The van der Waals surface area contributed by atoms with Crippen LogP contribution in [0.4, 0.5) is 5.95 Å². The Morgan fingerprint density at radius 1 is 1.17 bits per heavy atom. The Bertz CT molecular complexity index is 789. The summed E-state index contributed by atoms with van der Waals surface area (Å²) in [6, 6.07) is 8.63. The van der Waals surface area contributed by atoms with E-state index in [1.54, 1.807) is 30.6 Å². The average Bonchev–Trinajstić information content (AvgIpc) is 3.06. The maximum atomic E-state index is 11.3. The highest BCUT2D eigenvalue weighted by Gasteiger charge is 2.57. The molecular weight excluding hydrogens is 312 g/mol. The zero-order valence-corrected chi connectivity index (χ0v) is 13.9. The van der Waals surface area contributed by atoms with Gasteiger partial charge in [-0.2, -0.15) is 0 Å². The van der Waals surface area contributed by atoms with Crippen molar-refractivity contribution < 1.29 is 8.42 Å². The van der Waals surface area contributed by atoms with Crippen LogP contribution in [0.2, 0.25) is 0 Å². The van der Waals surface area contributed by atoms with Crippen LogP contribution >= 0.6 is 0 Å². The SMILES string of the molecule is CC1(C)C(CNc2ncccn2)C1c1ccc(S(N)(=O)=O)cc1. The molecule has 122 valence electrons. The largest absolute Gasteiger partial charge is 0.354 e. The molecule has 0 bridgehead atoms. The van der Waals surface area contributed by atoms with Crippen LogP contribution in [0.25, 0.3) is 0 Å². The minimum atomic E-state index is -3.64. The number of rotatable bonds is 5. The summed E-state index contributed by atoms with van der Waals surface area (Å²) in [4.78, 5) is 8.47. The van der Waals surface area contributed by atoms with Gasteiger partial charge < -0.3 is 5.32 Å². The van der Waals surface area contributed by atoms with E-state index in [1.807, 2.05) is 12.1 Å². The van der Waals surface area contributed by atoms with Gasteiger partial charge in [-0.05, 0) is 41.0 Å². The van der Waals surface area contributed by atoms with Gasteiger partial charge in [0.15, 0.2) is 0 Å².